The Morgan fingerprint density at radius 2 is 1.58 bits per heavy atom. The fourth-order valence-electron chi connectivity index (χ4n) is 0.342. The van der Waals surface area contributed by atoms with E-state index in [9.17, 15) is 4.21 Å². The molecule has 66 valence electrons. The molecule has 2 radical (unpaired) electrons. The molecule has 0 amide bonds. The Balaban J connectivity index is -0.000000124. The summed E-state index contributed by atoms with van der Waals surface area (Å²) < 4.78 is 9.44. The molecule has 1 atom stereocenters. The molecule has 4 heteroatoms. The number of rotatable bonds is 0. The second-order valence-electron chi connectivity index (χ2n) is 1.65. The zero-order valence-corrected chi connectivity index (χ0v) is 8.97. The van der Waals surface area contributed by atoms with Gasteiger partial charge in [0.05, 0.1) is 0 Å². The molecule has 1 unspecified atom stereocenters. The predicted molar refractivity (Wildman–Crippen MR) is 50.5 cm³/mol. The predicted octanol–water partition coefficient (Wildman–Crippen LogP) is 1.26. The van der Waals surface area contributed by atoms with Gasteiger partial charge in [-0.15, -0.1) is 10.8 Å². The van der Waals surface area contributed by atoms with Crippen LogP contribution in [0.1, 0.15) is 0 Å². The molecule has 0 aliphatic rings. The summed E-state index contributed by atoms with van der Waals surface area (Å²) in [6.07, 6.45) is 4.64. The van der Waals surface area contributed by atoms with Crippen LogP contribution in [0.15, 0.2) is 30.3 Å². The average Bonchev–Trinajstić information content (AvgIpc) is 1.90. The number of hydrogen-bond acceptors (Lipinski definition) is 1. The first-order chi connectivity index (χ1) is 4.73. The van der Waals surface area contributed by atoms with E-state index in [4.69, 9.17) is 0 Å². The third-order valence-electron chi connectivity index (χ3n) is 0.607. The summed E-state index contributed by atoms with van der Waals surface area (Å²) in [4.78, 5) is 0. The van der Waals surface area contributed by atoms with E-state index in [0.29, 0.717) is 0 Å². The zero-order chi connectivity index (χ0) is 7.82. The van der Waals surface area contributed by atoms with E-state index in [1.807, 2.05) is 30.3 Å². The van der Waals surface area contributed by atoms with Gasteiger partial charge in [-0.25, -0.2) is 0 Å². The van der Waals surface area contributed by atoms with Gasteiger partial charge in [0, 0.05) is 18.9 Å². The third-order valence-corrected chi connectivity index (χ3v) is 0.607. The summed E-state index contributed by atoms with van der Waals surface area (Å²) >= 11 is 0. The molecule has 0 saturated carbocycles. The molecule has 1 rings (SSSR count). The molecule has 12 heavy (non-hydrogen) atoms. The molecule has 1 aromatic carbocycles. The fraction of sp³-hybridized carbons (Fsp3) is 0.125. The largest absolute Gasteiger partial charge is 2.00 e. The second-order valence-corrected chi connectivity index (χ2v) is 2.80. The van der Waals surface area contributed by atoms with E-state index in [-0.39, 0.29) is 35.9 Å². The van der Waals surface area contributed by atoms with Crippen molar-refractivity contribution in [1.82, 2.24) is 0 Å². The molecule has 0 spiro atoms. The maximum Gasteiger partial charge on any atom is 2.00 e. The van der Waals surface area contributed by atoms with E-state index >= 15 is 0 Å². The molecule has 0 N–H and O–H groups in total. The summed E-state index contributed by atoms with van der Waals surface area (Å²) in [5.41, 5.74) is 0. The summed E-state index contributed by atoms with van der Waals surface area (Å²) in [6.45, 7) is 0. The quantitative estimate of drug-likeness (QED) is 0.479. The third kappa shape index (κ3) is 22.4. The van der Waals surface area contributed by atoms with E-state index in [1.165, 1.54) is 6.26 Å². The van der Waals surface area contributed by atoms with Crippen molar-refractivity contribution in [2.24, 2.45) is 0 Å². The Morgan fingerprint density at radius 3 is 1.67 bits per heavy atom. The van der Waals surface area contributed by atoms with Crippen LogP contribution in [0.25, 0.3) is 0 Å². The van der Waals surface area contributed by atoms with Crippen molar-refractivity contribution < 1.29 is 21.3 Å². The molecule has 1 nitrogen and oxygen atoms in total. The van der Waals surface area contributed by atoms with E-state index in [0.717, 1.165) is 0 Å². The van der Waals surface area contributed by atoms with Crippen molar-refractivity contribution in [2.75, 3.05) is 6.26 Å². The Kier molecular flexibility index (Phi) is 21.4. The van der Waals surface area contributed by atoms with Gasteiger partial charge in [0.25, 0.3) is 0 Å². The van der Waals surface area contributed by atoms with Gasteiger partial charge in [0.2, 0.25) is 0 Å². The van der Waals surface area contributed by atoms with Gasteiger partial charge >= 0.3 is 17.1 Å². The zero-order valence-electron chi connectivity index (χ0n) is 7.21. The van der Waals surface area contributed by atoms with Crippen molar-refractivity contribution in [3.05, 3.63) is 42.7 Å². The topological polar surface area (TPSA) is 17.1 Å². The van der Waals surface area contributed by atoms with Gasteiger partial charge in [-0.3, -0.25) is 10.5 Å². The van der Waals surface area contributed by atoms with Crippen LogP contribution in [0.3, 0.4) is 0 Å². The summed E-state index contributed by atoms with van der Waals surface area (Å²) in [5, 5.41) is 0. The van der Waals surface area contributed by atoms with Crippen molar-refractivity contribution in [1.29, 1.82) is 0 Å². The summed E-state index contributed by atoms with van der Waals surface area (Å²) in [6, 6.07) is 12.5. The Morgan fingerprint density at radius 1 is 1.25 bits per heavy atom. The normalized spacial score (nSPS) is 9.17. The van der Waals surface area contributed by atoms with Crippen LogP contribution < -0.4 is 0 Å². The first-order valence-electron chi connectivity index (χ1n) is 2.77. The molecular formula is C8H10CuLiOS. The fourth-order valence-corrected chi connectivity index (χ4v) is 0.342. The van der Waals surface area contributed by atoms with Crippen molar-refractivity contribution in [3.63, 3.8) is 0 Å². The summed E-state index contributed by atoms with van der Waals surface area (Å²) in [5.74, 6) is 0. The minimum absolute atomic E-state index is 0. The minimum Gasteiger partial charge on any atom is -0.295 e. The van der Waals surface area contributed by atoms with Crippen LogP contribution in [0, 0.1) is 12.3 Å². The molecule has 0 fully saturated rings. The smallest absolute Gasteiger partial charge is 0.295 e. The van der Waals surface area contributed by atoms with Crippen LogP contribution >= 0.6 is 0 Å². The van der Waals surface area contributed by atoms with E-state index < -0.39 is 10.8 Å². The van der Waals surface area contributed by atoms with Gasteiger partial charge in [-0.05, 0) is 6.26 Å². The van der Waals surface area contributed by atoms with E-state index in [2.05, 4.69) is 12.3 Å². The van der Waals surface area contributed by atoms with E-state index in [1.54, 1.807) is 0 Å². The van der Waals surface area contributed by atoms with Crippen LogP contribution in [0.2, 0.25) is 0 Å². The number of hydrogen-bond donors (Lipinski definition) is 0. The first-order valence-corrected chi connectivity index (χ1v) is 4.50. The van der Waals surface area contributed by atoms with Crippen molar-refractivity contribution in [3.8, 4) is 0 Å². The molecule has 0 aliphatic heterocycles. The molecule has 1 aromatic rings. The number of benzene rings is 1. The average molecular weight is 225 g/mol. The van der Waals surface area contributed by atoms with Gasteiger partial charge < -0.3 is 0 Å². The van der Waals surface area contributed by atoms with Crippen LogP contribution in [0.5, 0.6) is 0 Å². The minimum atomic E-state index is -0.861. The molecule has 0 bridgehead atoms. The Bertz CT molecular complexity index is 151. The standard InChI is InChI=1S/C6H5.C2H5OS.Cu.Li/c1-2-4-6-5-3-1;1-4(2)3;;/h1-5H;1H2,2H3;;/q2*-1;+2;. The molecule has 0 aromatic heterocycles. The van der Waals surface area contributed by atoms with Crippen LogP contribution in [-0.2, 0) is 27.9 Å². The maximum absolute atomic E-state index is 9.44. The van der Waals surface area contributed by atoms with Gasteiger partial charge in [0.1, 0.15) is 0 Å². The van der Waals surface area contributed by atoms with Crippen molar-refractivity contribution >= 4 is 29.7 Å². The van der Waals surface area contributed by atoms with Gasteiger partial charge in [0.15, 0.2) is 0 Å². The molecular weight excluding hydrogens is 215 g/mol. The Labute approximate surface area is 99.4 Å². The molecule has 0 saturated heterocycles. The monoisotopic (exact) mass is 224 g/mol. The summed E-state index contributed by atoms with van der Waals surface area (Å²) in [7, 11) is -0.861. The second kappa shape index (κ2) is 14.0. The van der Waals surface area contributed by atoms with Gasteiger partial charge in [-0.2, -0.15) is 36.4 Å². The molecule has 0 heterocycles. The maximum atomic E-state index is 9.44. The first kappa shape index (κ1) is 18.3. The van der Waals surface area contributed by atoms with Crippen LogP contribution in [-0.4, -0.2) is 29.3 Å². The van der Waals surface area contributed by atoms with Crippen molar-refractivity contribution in [2.45, 2.75) is 0 Å². The molecule has 0 aliphatic carbocycles. The van der Waals surface area contributed by atoms with Crippen LogP contribution in [0.4, 0.5) is 0 Å². The van der Waals surface area contributed by atoms with Gasteiger partial charge in [-0.1, -0.05) is 0 Å². The SMILES string of the molecule is [CH2-]S(C)=O.[Cu+2].[Li].[c-]1ccccc1. The Hall–Kier alpha value is 0.487.